The molecule has 0 radical (unpaired) electrons. The van der Waals surface area contributed by atoms with E-state index in [4.69, 9.17) is 0 Å². The second-order valence-corrected chi connectivity index (χ2v) is 3.40. The van der Waals surface area contributed by atoms with Gasteiger partial charge in [-0.3, -0.25) is 0 Å². The van der Waals surface area contributed by atoms with Crippen molar-refractivity contribution in [3.63, 3.8) is 0 Å². The predicted molar refractivity (Wildman–Crippen MR) is 58.7 cm³/mol. The molecule has 1 unspecified atom stereocenters. The Hall–Kier alpha value is 0.500. The van der Waals surface area contributed by atoms with E-state index < -0.39 is 0 Å². The number of hydrogen-bond donors (Lipinski definition) is 1. The number of hydrogen-bond acceptors (Lipinski definition) is 2. The lowest BCUT2D eigenvalue weighted by molar-refractivity contribution is 0.167. The van der Waals surface area contributed by atoms with Crippen molar-refractivity contribution in [2.24, 2.45) is 0 Å². The molecule has 0 aromatic rings. The number of nitrogens with one attached hydrogen (secondary N) is 1. The third-order valence-electron chi connectivity index (χ3n) is 2.83. The van der Waals surface area contributed by atoms with Crippen LogP contribution in [0.5, 0.6) is 0 Å². The highest BCUT2D eigenvalue weighted by Crippen LogP contribution is 2.23. The quantitative estimate of drug-likeness (QED) is 0.751. The van der Waals surface area contributed by atoms with Gasteiger partial charge >= 0.3 is 0 Å². The van der Waals surface area contributed by atoms with Crippen molar-refractivity contribution < 1.29 is 0 Å². The summed E-state index contributed by atoms with van der Waals surface area (Å²) in [5, 5.41) is 3.40. The van der Waals surface area contributed by atoms with Crippen LogP contribution in [0.1, 0.15) is 19.8 Å². The highest BCUT2D eigenvalue weighted by atomic mass is 35.5. The zero-order chi connectivity index (χ0) is 7.61. The molecule has 0 aromatic heterocycles. The average Bonchev–Trinajstić information content (AvgIpc) is 2.35. The highest BCUT2D eigenvalue weighted by Gasteiger charge is 2.33. The van der Waals surface area contributed by atoms with Crippen molar-refractivity contribution in [1.29, 1.82) is 0 Å². The minimum absolute atomic E-state index is 0. The van der Waals surface area contributed by atoms with E-state index in [9.17, 15) is 0 Å². The molecule has 1 atom stereocenters. The van der Waals surface area contributed by atoms with Gasteiger partial charge in [0.25, 0.3) is 0 Å². The van der Waals surface area contributed by atoms with Gasteiger partial charge in [-0.1, -0.05) is 6.92 Å². The van der Waals surface area contributed by atoms with Crippen LogP contribution in [0, 0.1) is 0 Å². The van der Waals surface area contributed by atoms with Gasteiger partial charge in [-0.2, -0.15) is 0 Å². The summed E-state index contributed by atoms with van der Waals surface area (Å²) in [5.41, 5.74) is 0.458. The number of likely N-dealkylation sites (N-methyl/N-ethyl adjacent to an activating group) is 1. The Balaban J connectivity index is 0. The number of rotatable bonds is 2. The summed E-state index contributed by atoms with van der Waals surface area (Å²) in [4.78, 5) is 2.35. The topological polar surface area (TPSA) is 15.3 Å². The first-order valence-corrected chi connectivity index (χ1v) is 4.09. The molecule has 2 nitrogen and oxygen atoms in total. The van der Waals surface area contributed by atoms with Crippen molar-refractivity contribution in [2.45, 2.75) is 25.3 Å². The maximum absolute atomic E-state index is 3.40. The number of halogens is 2. The average molecular weight is 215 g/mol. The summed E-state index contributed by atoms with van der Waals surface area (Å²) in [6.45, 7) is 4.62. The lowest BCUT2D eigenvalue weighted by atomic mass is 9.94. The Bertz CT molecular complexity index is 112. The van der Waals surface area contributed by atoms with Gasteiger partial charge in [0.15, 0.2) is 0 Å². The minimum atomic E-state index is 0. The van der Waals surface area contributed by atoms with E-state index in [1.165, 1.54) is 19.4 Å². The van der Waals surface area contributed by atoms with Crippen LogP contribution < -0.4 is 5.32 Å². The van der Waals surface area contributed by atoms with Crippen LogP contribution in [-0.4, -0.2) is 37.6 Å². The first-order chi connectivity index (χ1) is 4.71. The van der Waals surface area contributed by atoms with Gasteiger partial charge in [-0.25, -0.2) is 0 Å². The molecule has 0 bridgehead atoms. The Morgan fingerprint density at radius 3 is 2.08 bits per heavy atom. The Labute approximate surface area is 87.9 Å². The van der Waals surface area contributed by atoms with Gasteiger partial charge in [0.1, 0.15) is 0 Å². The fourth-order valence-electron chi connectivity index (χ4n) is 1.73. The Kier molecular flexibility index (Phi) is 7.54. The molecule has 0 spiro atoms. The summed E-state index contributed by atoms with van der Waals surface area (Å²) < 4.78 is 0. The van der Waals surface area contributed by atoms with Crippen LogP contribution in [0.3, 0.4) is 0 Å². The first kappa shape index (κ1) is 15.0. The Morgan fingerprint density at radius 1 is 1.33 bits per heavy atom. The molecular formula is C8H20Cl2N2. The van der Waals surface area contributed by atoms with Crippen molar-refractivity contribution in [3.8, 4) is 0 Å². The third-order valence-corrected chi connectivity index (χ3v) is 2.83. The van der Waals surface area contributed by atoms with Crippen LogP contribution in [0.4, 0.5) is 0 Å². The van der Waals surface area contributed by atoms with Crippen LogP contribution in [0.2, 0.25) is 0 Å². The smallest absolute Gasteiger partial charge is 0.0337 e. The maximum atomic E-state index is 3.40. The fourth-order valence-corrected chi connectivity index (χ4v) is 1.73. The van der Waals surface area contributed by atoms with Crippen LogP contribution >= 0.6 is 24.8 Å². The molecule has 1 saturated heterocycles. The Morgan fingerprint density at radius 2 is 1.92 bits per heavy atom. The zero-order valence-electron chi connectivity index (χ0n) is 8.09. The summed E-state index contributed by atoms with van der Waals surface area (Å²) in [6, 6.07) is 0. The lowest BCUT2D eigenvalue weighted by Gasteiger charge is -2.34. The molecule has 76 valence electrons. The zero-order valence-corrected chi connectivity index (χ0v) is 9.73. The van der Waals surface area contributed by atoms with Crippen LogP contribution in [-0.2, 0) is 0 Å². The molecule has 12 heavy (non-hydrogen) atoms. The van der Waals surface area contributed by atoms with Gasteiger partial charge in [0.05, 0.1) is 0 Å². The summed E-state index contributed by atoms with van der Waals surface area (Å²) in [7, 11) is 4.35. The SMILES string of the molecule is CCC1(N(C)C)CCNC1.Cl.Cl. The molecule has 1 heterocycles. The van der Waals surface area contributed by atoms with Crippen molar-refractivity contribution in [2.75, 3.05) is 27.2 Å². The van der Waals surface area contributed by atoms with E-state index in [1.54, 1.807) is 0 Å². The molecule has 1 N–H and O–H groups in total. The largest absolute Gasteiger partial charge is 0.315 e. The van der Waals surface area contributed by atoms with E-state index in [0.29, 0.717) is 5.54 Å². The van der Waals surface area contributed by atoms with Gasteiger partial charge in [0.2, 0.25) is 0 Å². The van der Waals surface area contributed by atoms with E-state index in [1.807, 2.05) is 0 Å². The summed E-state index contributed by atoms with van der Waals surface area (Å²) in [5.74, 6) is 0. The van der Waals surface area contributed by atoms with Gasteiger partial charge in [0, 0.05) is 12.1 Å². The first-order valence-electron chi connectivity index (χ1n) is 4.09. The molecule has 1 fully saturated rings. The van der Waals surface area contributed by atoms with Crippen molar-refractivity contribution in [3.05, 3.63) is 0 Å². The lowest BCUT2D eigenvalue weighted by Crippen LogP contribution is -2.45. The molecule has 0 aromatic carbocycles. The van der Waals surface area contributed by atoms with Gasteiger partial charge in [-0.15, -0.1) is 24.8 Å². The predicted octanol–water partition coefficient (Wildman–Crippen LogP) is 1.53. The van der Waals surface area contributed by atoms with Crippen molar-refractivity contribution >= 4 is 24.8 Å². The molecule has 4 heteroatoms. The maximum Gasteiger partial charge on any atom is 0.0337 e. The van der Waals surface area contributed by atoms with E-state index in [2.05, 4.69) is 31.2 Å². The standard InChI is InChI=1S/C8H18N2.2ClH/c1-4-8(10(2)3)5-6-9-7-8;;/h9H,4-7H2,1-3H3;2*1H. The van der Waals surface area contributed by atoms with E-state index in [0.717, 1.165) is 6.54 Å². The number of nitrogens with zero attached hydrogens (tertiary/aromatic N) is 1. The molecule has 1 aliphatic heterocycles. The molecule has 0 aliphatic carbocycles. The van der Waals surface area contributed by atoms with Crippen LogP contribution in [0.15, 0.2) is 0 Å². The minimum Gasteiger partial charge on any atom is -0.315 e. The molecule has 0 amide bonds. The monoisotopic (exact) mass is 214 g/mol. The van der Waals surface area contributed by atoms with Gasteiger partial charge in [-0.05, 0) is 33.5 Å². The highest BCUT2D eigenvalue weighted by molar-refractivity contribution is 5.85. The summed E-state index contributed by atoms with van der Waals surface area (Å²) in [6.07, 6.45) is 2.56. The molecular weight excluding hydrogens is 195 g/mol. The second kappa shape index (κ2) is 6.03. The van der Waals surface area contributed by atoms with E-state index >= 15 is 0 Å². The van der Waals surface area contributed by atoms with E-state index in [-0.39, 0.29) is 24.8 Å². The molecule has 1 aliphatic rings. The van der Waals surface area contributed by atoms with Crippen LogP contribution in [0.25, 0.3) is 0 Å². The molecule has 1 rings (SSSR count). The van der Waals surface area contributed by atoms with Crippen molar-refractivity contribution in [1.82, 2.24) is 10.2 Å². The normalized spacial score (nSPS) is 28.0. The third kappa shape index (κ3) is 2.77. The molecule has 0 saturated carbocycles. The van der Waals surface area contributed by atoms with Gasteiger partial charge < -0.3 is 10.2 Å². The second-order valence-electron chi connectivity index (χ2n) is 3.40. The summed E-state index contributed by atoms with van der Waals surface area (Å²) >= 11 is 0. The fraction of sp³-hybridized carbons (Fsp3) is 1.00.